The highest BCUT2D eigenvalue weighted by atomic mass is 16.5. The lowest BCUT2D eigenvalue weighted by atomic mass is 10.1. The fourth-order valence-corrected chi connectivity index (χ4v) is 1.69. The Labute approximate surface area is 101 Å². The van der Waals surface area contributed by atoms with Crippen LogP contribution in [0.4, 0.5) is 5.69 Å². The van der Waals surface area contributed by atoms with Gasteiger partial charge in [0.25, 0.3) is 0 Å². The topological polar surface area (TPSA) is 48.1 Å². The van der Waals surface area contributed by atoms with Gasteiger partial charge in [-0.1, -0.05) is 6.07 Å². The van der Waals surface area contributed by atoms with Gasteiger partial charge in [0.05, 0.1) is 0 Å². The van der Waals surface area contributed by atoms with Gasteiger partial charge in [0, 0.05) is 18.0 Å². The number of hydrogen-bond donors (Lipinski definition) is 1. The molecular formula is C14H16N2O. The first-order valence-corrected chi connectivity index (χ1v) is 5.53. The molecule has 2 rings (SSSR count). The zero-order valence-corrected chi connectivity index (χ0v) is 10.3. The van der Waals surface area contributed by atoms with Gasteiger partial charge in [-0.2, -0.15) is 0 Å². The van der Waals surface area contributed by atoms with E-state index in [0.29, 0.717) is 11.6 Å². The van der Waals surface area contributed by atoms with E-state index in [1.807, 2.05) is 32.9 Å². The first kappa shape index (κ1) is 11.5. The van der Waals surface area contributed by atoms with Crippen molar-refractivity contribution < 1.29 is 4.74 Å². The fourth-order valence-electron chi connectivity index (χ4n) is 1.69. The van der Waals surface area contributed by atoms with Crippen molar-refractivity contribution in [3.8, 4) is 11.6 Å². The van der Waals surface area contributed by atoms with E-state index in [4.69, 9.17) is 10.5 Å². The second-order valence-electron chi connectivity index (χ2n) is 4.30. The quantitative estimate of drug-likeness (QED) is 0.857. The number of benzene rings is 1. The number of pyridine rings is 1. The van der Waals surface area contributed by atoms with Crippen LogP contribution in [0.2, 0.25) is 0 Å². The monoisotopic (exact) mass is 228 g/mol. The van der Waals surface area contributed by atoms with Gasteiger partial charge in [0.15, 0.2) is 0 Å². The largest absolute Gasteiger partial charge is 0.439 e. The van der Waals surface area contributed by atoms with E-state index in [2.05, 4.69) is 11.1 Å². The van der Waals surface area contributed by atoms with Crippen molar-refractivity contribution in [3.63, 3.8) is 0 Å². The zero-order valence-electron chi connectivity index (χ0n) is 10.3. The molecule has 0 saturated heterocycles. The van der Waals surface area contributed by atoms with E-state index in [1.54, 1.807) is 12.3 Å². The number of nitrogens with zero attached hydrogens (tertiary/aromatic N) is 1. The highest BCUT2D eigenvalue weighted by Crippen LogP contribution is 2.24. The average molecular weight is 228 g/mol. The summed E-state index contributed by atoms with van der Waals surface area (Å²) in [6.07, 6.45) is 1.72. The molecule has 0 spiro atoms. The van der Waals surface area contributed by atoms with Gasteiger partial charge in [0.1, 0.15) is 5.75 Å². The summed E-state index contributed by atoms with van der Waals surface area (Å²) in [6.45, 7) is 6.00. The lowest BCUT2D eigenvalue weighted by molar-refractivity contribution is 0.462. The number of ether oxygens (including phenoxy) is 1. The van der Waals surface area contributed by atoms with Crippen LogP contribution in [0.15, 0.2) is 30.5 Å². The van der Waals surface area contributed by atoms with E-state index < -0.39 is 0 Å². The summed E-state index contributed by atoms with van der Waals surface area (Å²) in [4.78, 5) is 4.19. The first-order valence-electron chi connectivity index (χ1n) is 5.53. The van der Waals surface area contributed by atoms with E-state index in [1.165, 1.54) is 11.1 Å². The number of aromatic nitrogens is 1. The lowest BCUT2D eigenvalue weighted by Gasteiger charge is -2.08. The minimum atomic E-state index is 0.526. The van der Waals surface area contributed by atoms with Gasteiger partial charge >= 0.3 is 0 Å². The molecule has 0 atom stereocenters. The molecule has 0 bridgehead atoms. The second-order valence-corrected chi connectivity index (χ2v) is 4.30. The normalized spacial score (nSPS) is 10.3. The van der Waals surface area contributed by atoms with Crippen LogP contribution < -0.4 is 10.5 Å². The summed E-state index contributed by atoms with van der Waals surface area (Å²) < 4.78 is 5.68. The molecule has 2 aromatic rings. The summed E-state index contributed by atoms with van der Waals surface area (Å²) >= 11 is 0. The molecule has 3 nitrogen and oxygen atoms in total. The third-order valence-corrected chi connectivity index (χ3v) is 2.54. The molecule has 0 radical (unpaired) electrons. The Morgan fingerprint density at radius 1 is 1.00 bits per heavy atom. The van der Waals surface area contributed by atoms with Crippen molar-refractivity contribution in [2.24, 2.45) is 0 Å². The molecule has 0 saturated carbocycles. The van der Waals surface area contributed by atoms with E-state index >= 15 is 0 Å². The van der Waals surface area contributed by atoms with Gasteiger partial charge < -0.3 is 10.5 Å². The number of hydrogen-bond acceptors (Lipinski definition) is 3. The van der Waals surface area contributed by atoms with Gasteiger partial charge in [-0.25, -0.2) is 4.98 Å². The molecule has 0 aliphatic heterocycles. The summed E-state index contributed by atoms with van der Waals surface area (Å²) in [5.74, 6) is 1.32. The maximum atomic E-state index is 5.81. The van der Waals surface area contributed by atoms with Gasteiger partial charge in [-0.15, -0.1) is 0 Å². The maximum Gasteiger partial charge on any atom is 0.221 e. The molecule has 17 heavy (non-hydrogen) atoms. The predicted octanol–water partition coefficient (Wildman–Crippen LogP) is 3.38. The summed E-state index contributed by atoms with van der Waals surface area (Å²) in [6, 6.07) is 7.80. The molecule has 0 amide bonds. The van der Waals surface area contributed by atoms with Crippen molar-refractivity contribution in [3.05, 3.63) is 47.2 Å². The molecule has 0 aliphatic carbocycles. The van der Waals surface area contributed by atoms with Crippen LogP contribution in [0.3, 0.4) is 0 Å². The van der Waals surface area contributed by atoms with Crippen LogP contribution in [-0.2, 0) is 0 Å². The number of nitrogens with two attached hydrogens (primary N) is 1. The molecule has 1 aromatic heterocycles. The minimum Gasteiger partial charge on any atom is -0.439 e. The van der Waals surface area contributed by atoms with Crippen molar-refractivity contribution in [2.75, 3.05) is 5.73 Å². The predicted molar refractivity (Wildman–Crippen MR) is 69.4 cm³/mol. The Morgan fingerprint density at radius 2 is 1.65 bits per heavy atom. The second kappa shape index (κ2) is 4.45. The highest BCUT2D eigenvalue weighted by Gasteiger charge is 2.02. The summed E-state index contributed by atoms with van der Waals surface area (Å²) in [5, 5.41) is 0. The molecule has 3 heteroatoms. The fraction of sp³-hybridized carbons (Fsp3) is 0.214. The van der Waals surface area contributed by atoms with Crippen LogP contribution in [0.25, 0.3) is 0 Å². The summed E-state index contributed by atoms with van der Waals surface area (Å²) in [7, 11) is 0. The van der Waals surface area contributed by atoms with Crippen LogP contribution in [0, 0.1) is 20.8 Å². The van der Waals surface area contributed by atoms with E-state index in [9.17, 15) is 0 Å². The maximum absolute atomic E-state index is 5.81. The molecule has 88 valence electrons. The number of nitrogen functional groups attached to an aromatic ring is 1. The van der Waals surface area contributed by atoms with Crippen molar-refractivity contribution in [1.82, 2.24) is 4.98 Å². The van der Waals surface area contributed by atoms with Gasteiger partial charge in [-0.05, 0) is 49.6 Å². The molecule has 0 unspecified atom stereocenters. The van der Waals surface area contributed by atoms with E-state index in [0.717, 1.165) is 11.3 Å². The number of aryl methyl sites for hydroxylation is 3. The number of anilines is 1. The SMILES string of the molecule is Cc1cc(C)cc(Oc2cc(N)c(C)cn2)c1. The smallest absolute Gasteiger partial charge is 0.221 e. The number of rotatable bonds is 2. The molecule has 0 fully saturated rings. The third-order valence-electron chi connectivity index (χ3n) is 2.54. The molecule has 1 aromatic carbocycles. The average Bonchev–Trinajstić information content (AvgIpc) is 2.22. The standard InChI is InChI=1S/C14H16N2O/c1-9-4-10(2)6-12(5-9)17-14-7-13(15)11(3)8-16-14/h4-8H,1-3H3,(H2,15,16). The first-order chi connectivity index (χ1) is 8.04. The Morgan fingerprint density at radius 3 is 2.24 bits per heavy atom. The van der Waals surface area contributed by atoms with Crippen LogP contribution in [0.1, 0.15) is 16.7 Å². The van der Waals surface area contributed by atoms with Crippen LogP contribution in [0.5, 0.6) is 11.6 Å². The minimum absolute atomic E-state index is 0.526. The lowest BCUT2D eigenvalue weighted by Crippen LogP contribution is -1.94. The molecule has 0 aliphatic rings. The van der Waals surface area contributed by atoms with Crippen molar-refractivity contribution in [1.29, 1.82) is 0 Å². The highest BCUT2D eigenvalue weighted by molar-refractivity contribution is 5.48. The van der Waals surface area contributed by atoms with Gasteiger partial charge in [0.2, 0.25) is 5.88 Å². The van der Waals surface area contributed by atoms with Crippen LogP contribution in [-0.4, -0.2) is 4.98 Å². The zero-order chi connectivity index (χ0) is 12.4. The van der Waals surface area contributed by atoms with Gasteiger partial charge in [-0.3, -0.25) is 0 Å². The summed E-state index contributed by atoms with van der Waals surface area (Å²) in [5.41, 5.74) is 9.80. The third kappa shape index (κ3) is 2.75. The molecular weight excluding hydrogens is 212 g/mol. The van der Waals surface area contributed by atoms with Crippen molar-refractivity contribution in [2.45, 2.75) is 20.8 Å². The molecule has 1 heterocycles. The van der Waals surface area contributed by atoms with E-state index in [-0.39, 0.29) is 0 Å². The Kier molecular flexibility index (Phi) is 3.00. The molecule has 2 N–H and O–H groups in total. The van der Waals surface area contributed by atoms with Crippen LogP contribution >= 0.6 is 0 Å². The Bertz CT molecular complexity index is 530. The Hall–Kier alpha value is -2.03. The Balaban J connectivity index is 2.28. The van der Waals surface area contributed by atoms with Crippen molar-refractivity contribution >= 4 is 5.69 Å².